The van der Waals surface area contributed by atoms with Crippen LogP contribution in [0.15, 0.2) is 6.20 Å². The molecule has 1 amide bonds. The molecular weight excluding hydrogens is 252 g/mol. The maximum atomic E-state index is 12.5. The van der Waals surface area contributed by atoms with E-state index in [9.17, 15) is 4.79 Å². The lowest BCUT2D eigenvalue weighted by Gasteiger charge is -2.26. The predicted molar refractivity (Wildman–Crippen MR) is 78.9 cm³/mol. The van der Waals surface area contributed by atoms with Crippen LogP contribution in [0.25, 0.3) is 0 Å². The predicted octanol–water partition coefficient (Wildman–Crippen LogP) is 2.35. The fourth-order valence-electron chi connectivity index (χ4n) is 3.32. The van der Waals surface area contributed by atoms with Crippen LogP contribution in [0, 0.1) is 5.92 Å². The highest BCUT2D eigenvalue weighted by Crippen LogP contribution is 2.24. The summed E-state index contributed by atoms with van der Waals surface area (Å²) in [5.74, 6) is 1.57. The van der Waals surface area contributed by atoms with E-state index in [1.54, 1.807) is 0 Å². The van der Waals surface area contributed by atoms with Crippen LogP contribution >= 0.6 is 0 Å². The second-order valence-electron chi connectivity index (χ2n) is 6.11. The second kappa shape index (κ2) is 5.85. The lowest BCUT2D eigenvalue weighted by Crippen LogP contribution is -2.32. The summed E-state index contributed by atoms with van der Waals surface area (Å²) in [5, 5.41) is 3.24. The third kappa shape index (κ3) is 2.81. The zero-order valence-corrected chi connectivity index (χ0v) is 12.3. The Labute approximate surface area is 120 Å². The fraction of sp³-hybridized carbons (Fsp3) is 0.733. The van der Waals surface area contributed by atoms with Gasteiger partial charge in [0.2, 0.25) is 5.95 Å². The smallest absolute Gasteiger partial charge is 0.273 e. The molecule has 1 saturated carbocycles. The van der Waals surface area contributed by atoms with Crippen molar-refractivity contribution in [1.82, 2.24) is 14.5 Å². The molecule has 2 aliphatic rings. The Balaban J connectivity index is 1.63. The van der Waals surface area contributed by atoms with Gasteiger partial charge in [-0.05, 0) is 25.2 Å². The molecule has 110 valence electrons. The number of fused-ring (bicyclic) bond motifs is 1. The van der Waals surface area contributed by atoms with Crippen LogP contribution in [0.4, 0.5) is 5.95 Å². The van der Waals surface area contributed by atoms with Gasteiger partial charge in [-0.1, -0.05) is 19.3 Å². The average Bonchev–Trinajstić information content (AvgIpc) is 2.91. The average molecular weight is 276 g/mol. The molecule has 5 nitrogen and oxygen atoms in total. The molecule has 0 radical (unpaired) electrons. The number of nitrogens with zero attached hydrogens (tertiary/aromatic N) is 3. The van der Waals surface area contributed by atoms with Crippen molar-refractivity contribution in [2.75, 3.05) is 25.5 Å². The number of hydrogen-bond donors (Lipinski definition) is 1. The van der Waals surface area contributed by atoms with Crippen LogP contribution in [0.1, 0.15) is 49.0 Å². The van der Waals surface area contributed by atoms with Gasteiger partial charge in [0.1, 0.15) is 5.69 Å². The summed E-state index contributed by atoms with van der Waals surface area (Å²) in [7, 11) is 1.91. The Morgan fingerprint density at radius 2 is 2.20 bits per heavy atom. The molecule has 20 heavy (non-hydrogen) atoms. The molecule has 1 fully saturated rings. The number of carbonyl (C=O) groups excluding carboxylic acids is 1. The summed E-state index contributed by atoms with van der Waals surface area (Å²) in [6, 6.07) is 0. The van der Waals surface area contributed by atoms with Crippen molar-refractivity contribution in [3.63, 3.8) is 0 Å². The lowest BCUT2D eigenvalue weighted by atomic mass is 9.89. The number of nitrogens with one attached hydrogen (secondary N) is 1. The Hall–Kier alpha value is -1.52. The Kier molecular flexibility index (Phi) is 3.94. The highest BCUT2D eigenvalue weighted by Gasteiger charge is 2.22. The number of anilines is 1. The van der Waals surface area contributed by atoms with E-state index in [1.165, 1.54) is 32.1 Å². The van der Waals surface area contributed by atoms with E-state index >= 15 is 0 Å². The van der Waals surface area contributed by atoms with Gasteiger partial charge in [-0.3, -0.25) is 4.79 Å². The van der Waals surface area contributed by atoms with Crippen molar-refractivity contribution in [1.29, 1.82) is 0 Å². The van der Waals surface area contributed by atoms with Crippen LogP contribution in [0.3, 0.4) is 0 Å². The van der Waals surface area contributed by atoms with E-state index in [-0.39, 0.29) is 5.91 Å². The van der Waals surface area contributed by atoms with Gasteiger partial charge in [-0.25, -0.2) is 4.98 Å². The van der Waals surface area contributed by atoms with E-state index in [4.69, 9.17) is 0 Å². The minimum absolute atomic E-state index is 0.0549. The third-order valence-electron chi connectivity index (χ3n) is 4.46. The first-order valence-corrected chi connectivity index (χ1v) is 7.80. The number of rotatable bonds is 3. The topological polar surface area (TPSA) is 50.2 Å². The van der Waals surface area contributed by atoms with Crippen molar-refractivity contribution < 1.29 is 4.79 Å². The summed E-state index contributed by atoms with van der Waals surface area (Å²) in [4.78, 5) is 18.7. The molecule has 0 atom stereocenters. The first-order valence-electron chi connectivity index (χ1n) is 7.80. The first kappa shape index (κ1) is 13.5. The first-order chi connectivity index (χ1) is 9.74. The largest absolute Gasteiger partial charge is 0.356 e. The van der Waals surface area contributed by atoms with E-state index in [0.29, 0.717) is 11.6 Å². The fourth-order valence-corrected chi connectivity index (χ4v) is 3.32. The Bertz CT molecular complexity index is 453. The van der Waals surface area contributed by atoms with Crippen molar-refractivity contribution in [3.8, 4) is 0 Å². The highest BCUT2D eigenvalue weighted by atomic mass is 16.2. The molecule has 1 aliphatic carbocycles. The standard InChI is InChI=1S/C15H24N4O/c1-18(10-12-6-3-2-4-7-12)14(20)13-11-19-9-5-8-16-15(19)17-13/h11-12H,2-10H2,1H3,(H,16,17). The van der Waals surface area contributed by atoms with Crippen molar-refractivity contribution in [2.45, 2.75) is 45.1 Å². The molecule has 1 aromatic heterocycles. The normalized spacial score (nSPS) is 19.2. The van der Waals surface area contributed by atoms with Gasteiger partial charge in [-0.15, -0.1) is 0 Å². The number of amides is 1. The van der Waals surface area contributed by atoms with Crippen LogP contribution in [-0.2, 0) is 6.54 Å². The lowest BCUT2D eigenvalue weighted by molar-refractivity contribution is 0.0755. The quantitative estimate of drug-likeness (QED) is 0.922. The minimum atomic E-state index is 0.0549. The van der Waals surface area contributed by atoms with Gasteiger partial charge in [0.15, 0.2) is 0 Å². The van der Waals surface area contributed by atoms with Crippen LogP contribution < -0.4 is 5.32 Å². The number of hydrogen-bond acceptors (Lipinski definition) is 3. The molecule has 1 N–H and O–H groups in total. The summed E-state index contributed by atoms with van der Waals surface area (Å²) < 4.78 is 2.05. The summed E-state index contributed by atoms with van der Waals surface area (Å²) in [6.07, 6.45) is 9.49. The van der Waals surface area contributed by atoms with Crippen molar-refractivity contribution in [3.05, 3.63) is 11.9 Å². The van der Waals surface area contributed by atoms with Crippen molar-refractivity contribution in [2.24, 2.45) is 5.92 Å². The number of aromatic nitrogens is 2. The molecule has 1 aliphatic heterocycles. The number of imidazole rings is 1. The van der Waals surface area contributed by atoms with Gasteiger partial charge in [0.05, 0.1) is 0 Å². The van der Waals surface area contributed by atoms with E-state index < -0.39 is 0 Å². The summed E-state index contributed by atoms with van der Waals surface area (Å²) in [6.45, 7) is 2.77. The number of carbonyl (C=O) groups is 1. The molecule has 0 spiro atoms. The molecule has 1 aromatic rings. The van der Waals surface area contributed by atoms with E-state index in [2.05, 4.69) is 10.3 Å². The van der Waals surface area contributed by atoms with Crippen LogP contribution in [0.2, 0.25) is 0 Å². The van der Waals surface area contributed by atoms with Crippen LogP contribution in [-0.4, -0.2) is 40.5 Å². The van der Waals surface area contributed by atoms with Gasteiger partial charge in [0, 0.05) is 32.9 Å². The van der Waals surface area contributed by atoms with Gasteiger partial charge >= 0.3 is 0 Å². The Morgan fingerprint density at radius 1 is 1.40 bits per heavy atom. The van der Waals surface area contributed by atoms with E-state index in [0.717, 1.165) is 32.0 Å². The maximum absolute atomic E-state index is 12.5. The van der Waals surface area contributed by atoms with Crippen LogP contribution in [0.5, 0.6) is 0 Å². The molecule has 5 heteroatoms. The molecule has 2 heterocycles. The highest BCUT2D eigenvalue weighted by molar-refractivity contribution is 5.92. The van der Waals surface area contributed by atoms with Gasteiger partial charge in [-0.2, -0.15) is 0 Å². The second-order valence-corrected chi connectivity index (χ2v) is 6.11. The molecule has 0 saturated heterocycles. The van der Waals surface area contributed by atoms with Gasteiger partial charge < -0.3 is 14.8 Å². The SMILES string of the molecule is CN(CC1CCCCC1)C(=O)c1cn2c(n1)NCCC2. The maximum Gasteiger partial charge on any atom is 0.273 e. The molecular formula is C15H24N4O. The molecule has 3 rings (SSSR count). The minimum Gasteiger partial charge on any atom is -0.356 e. The zero-order chi connectivity index (χ0) is 13.9. The summed E-state index contributed by atoms with van der Waals surface area (Å²) >= 11 is 0. The van der Waals surface area contributed by atoms with Crippen molar-refractivity contribution >= 4 is 11.9 Å². The third-order valence-corrected chi connectivity index (χ3v) is 4.46. The molecule has 0 unspecified atom stereocenters. The summed E-state index contributed by atoms with van der Waals surface area (Å²) in [5.41, 5.74) is 0.577. The van der Waals surface area contributed by atoms with Gasteiger partial charge in [0.25, 0.3) is 5.91 Å². The molecule has 0 aromatic carbocycles. The Morgan fingerprint density at radius 3 is 2.95 bits per heavy atom. The monoisotopic (exact) mass is 276 g/mol. The molecule has 0 bridgehead atoms. The van der Waals surface area contributed by atoms with E-state index in [1.807, 2.05) is 22.7 Å². The zero-order valence-electron chi connectivity index (χ0n) is 12.3. The number of aryl methyl sites for hydroxylation is 1.